The maximum atomic E-state index is 4.32. The minimum absolute atomic E-state index is 1.05. The van der Waals surface area contributed by atoms with Gasteiger partial charge in [0.1, 0.15) is 5.65 Å². The highest BCUT2D eigenvalue weighted by Gasteiger charge is 2.10. The van der Waals surface area contributed by atoms with E-state index in [0.29, 0.717) is 0 Å². The summed E-state index contributed by atoms with van der Waals surface area (Å²) in [6, 6.07) is 4.39. The van der Waals surface area contributed by atoms with E-state index in [4.69, 9.17) is 0 Å². The monoisotopic (exact) mass is 215 g/mol. The molecule has 0 spiro atoms. The van der Waals surface area contributed by atoms with Gasteiger partial charge in [0.2, 0.25) is 0 Å². The van der Waals surface area contributed by atoms with Gasteiger partial charge in [0.25, 0.3) is 0 Å². The van der Waals surface area contributed by atoms with Crippen molar-refractivity contribution in [3.8, 4) is 0 Å². The maximum absolute atomic E-state index is 4.32. The van der Waals surface area contributed by atoms with E-state index in [1.165, 1.54) is 37.9 Å². The van der Waals surface area contributed by atoms with Crippen LogP contribution in [0.4, 0.5) is 0 Å². The van der Waals surface area contributed by atoms with Crippen molar-refractivity contribution in [1.29, 1.82) is 0 Å². The van der Waals surface area contributed by atoms with Crippen LogP contribution in [0.25, 0.3) is 5.65 Å². The Labute approximate surface area is 95.7 Å². The van der Waals surface area contributed by atoms with Gasteiger partial charge in [-0.3, -0.25) is 4.90 Å². The third-order valence-electron chi connectivity index (χ3n) is 3.32. The van der Waals surface area contributed by atoms with Gasteiger partial charge in [0, 0.05) is 25.1 Å². The Balaban J connectivity index is 1.77. The SMILES string of the molecule is c1cn2ccc(CN3CCCCC3)cc2n1. The number of piperidine rings is 1. The van der Waals surface area contributed by atoms with Crippen LogP contribution in [0.15, 0.2) is 30.7 Å². The summed E-state index contributed by atoms with van der Waals surface area (Å²) in [5.41, 5.74) is 2.43. The molecule has 1 fully saturated rings. The van der Waals surface area contributed by atoms with E-state index in [0.717, 1.165) is 12.2 Å². The lowest BCUT2D eigenvalue weighted by Gasteiger charge is -2.26. The zero-order valence-electron chi connectivity index (χ0n) is 9.47. The molecule has 16 heavy (non-hydrogen) atoms. The number of imidazole rings is 1. The highest BCUT2D eigenvalue weighted by molar-refractivity contribution is 5.41. The summed E-state index contributed by atoms with van der Waals surface area (Å²) in [5, 5.41) is 0. The molecule has 3 rings (SSSR count). The largest absolute Gasteiger partial charge is 0.307 e. The smallest absolute Gasteiger partial charge is 0.136 e. The molecule has 0 amide bonds. The predicted octanol–water partition coefficient (Wildman–Crippen LogP) is 2.32. The lowest BCUT2D eigenvalue weighted by atomic mass is 10.1. The van der Waals surface area contributed by atoms with Crippen LogP contribution in [0.1, 0.15) is 24.8 Å². The van der Waals surface area contributed by atoms with Gasteiger partial charge in [-0.2, -0.15) is 0 Å². The van der Waals surface area contributed by atoms with Crippen LogP contribution in [-0.2, 0) is 6.54 Å². The van der Waals surface area contributed by atoms with Gasteiger partial charge in [-0.25, -0.2) is 4.98 Å². The molecule has 2 aromatic rings. The molecule has 1 aliphatic rings. The maximum Gasteiger partial charge on any atom is 0.136 e. The van der Waals surface area contributed by atoms with Crippen molar-refractivity contribution in [2.75, 3.05) is 13.1 Å². The number of fused-ring (bicyclic) bond motifs is 1. The molecule has 3 heterocycles. The first-order valence-corrected chi connectivity index (χ1v) is 6.06. The Kier molecular flexibility index (Phi) is 2.62. The number of hydrogen-bond donors (Lipinski definition) is 0. The Morgan fingerprint density at radius 1 is 1.12 bits per heavy atom. The Hall–Kier alpha value is -1.35. The second kappa shape index (κ2) is 4.26. The number of nitrogens with zero attached hydrogens (tertiary/aromatic N) is 3. The Morgan fingerprint density at radius 2 is 2.00 bits per heavy atom. The quantitative estimate of drug-likeness (QED) is 0.766. The third kappa shape index (κ3) is 1.95. The minimum atomic E-state index is 1.05. The Morgan fingerprint density at radius 3 is 2.88 bits per heavy atom. The lowest BCUT2D eigenvalue weighted by Crippen LogP contribution is -2.29. The topological polar surface area (TPSA) is 20.5 Å². The van der Waals surface area contributed by atoms with Crippen molar-refractivity contribution in [2.24, 2.45) is 0 Å². The summed E-state index contributed by atoms with van der Waals surface area (Å²) in [7, 11) is 0. The summed E-state index contributed by atoms with van der Waals surface area (Å²) in [5.74, 6) is 0. The highest BCUT2D eigenvalue weighted by atomic mass is 15.1. The van der Waals surface area contributed by atoms with Crippen molar-refractivity contribution >= 4 is 5.65 Å². The molecule has 1 aliphatic heterocycles. The summed E-state index contributed by atoms with van der Waals surface area (Å²) >= 11 is 0. The van der Waals surface area contributed by atoms with Gasteiger partial charge in [0.05, 0.1) is 0 Å². The number of hydrogen-bond acceptors (Lipinski definition) is 2. The van der Waals surface area contributed by atoms with Gasteiger partial charge in [-0.05, 0) is 43.6 Å². The van der Waals surface area contributed by atoms with Gasteiger partial charge < -0.3 is 4.40 Å². The molecule has 0 aliphatic carbocycles. The molecule has 0 bridgehead atoms. The molecule has 0 saturated carbocycles. The summed E-state index contributed by atoms with van der Waals surface area (Å²) in [6.07, 6.45) is 10.0. The first kappa shape index (κ1) is 9.85. The van der Waals surface area contributed by atoms with E-state index in [-0.39, 0.29) is 0 Å². The van der Waals surface area contributed by atoms with Crippen LogP contribution in [0.3, 0.4) is 0 Å². The van der Waals surface area contributed by atoms with Crippen molar-refractivity contribution in [3.63, 3.8) is 0 Å². The molecule has 0 aromatic carbocycles. The van der Waals surface area contributed by atoms with Crippen molar-refractivity contribution in [3.05, 3.63) is 36.3 Å². The van der Waals surface area contributed by atoms with E-state index in [9.17, 15) is 0 Å². The average Bonchev–Trinajstić information content (AvgIpc) is 2.77. The second-order valence-electron chi connectivity index (χ2n) is 4.56. The number of likely N-dealkylation sites (tertiary alicyclic amines) is 1. The van der Waals surface area contributed by atoms with Crippen LogP contribution < -0.4 is 0 Å². The van der Waals surface area contributed by atoms with E-state index in [1.54, 1.807) is 0 Å². The third-order valence-corrected chi connectivity index (χ3v) is 3.32. The second-order valence-corrected chi connectivity index (χ2v) is 4.56. The molecular weight excluding hydrogens is 198 g/mol. The highest BCUT2D eigenvalue weighted by Crippen LogP contribution is 2.13. The van der Waals surface area contributed by atoms with Crippen molar-refractivity contribution < 1.29 is 0 Å². The van der Waals surface area contributed by atoms with Crippen LogP contribution in [-0.4, -0.2) is 27.4 Å². The van der Waals surface area contributed by atoms with E-state index < -0.39 is 0 Å². The fourth-order valence-electron chi connectivity index (χ4n) is 2.43. The molecule has 0 N–H and O–H groups in total. The molecule has 2 aromatic heterocycles. The zero-order valence-corrected chi connectivity index (χ0v) is 9.47. The summed E-state index contributed by atoms with van der Waals surface area (Å²) in [4.78, 5) is 6.86. The van der Waals surface area contributed by atoms with Gasteiger partial charge in [-0.15, -0.1) is 0 Å². The molecule has 0 atom stereocenters. The van der Waals surface area contributed by atoms with Gasteiger partial charge in [-0.1, -0.05) is 6.42 Å². The molecule has 0 radical (unpaired) electrons. The minimum Gasteiger partial charge on any atom is -0.307 e. The number of aromatic nitrogens is 2. The Bertz CT molecular complexity index is 469. The van der Waals surface area contributed by atoms with Gasteiger partial charge in [0.15, 0.2) is 0 Å². The standard InChI is InChI=1S/C13H17N3/c1-2-6-15(7-3-1)11-12-4-8-16-9-5-14-13(16)10-12/h4-5,8-10H,1-3,6-7,11H2. The fourth-order valence-corrected chi connectivity index (χ4v) is 2.43. The molecule has 3 nitrogen and oxygen atoms in total. The number of pyridine rings is 1. The van der Waals surface area contributed by atoms with E-state index in [1.807, 2.05) is 12.4 Å². The van der Waals surface area contributed by atoms with Crippen LogP contribution >= 0.6 is 0 Å². The molecule has 3 heteroatoms. The van der Waals surface area contributed by atoms with Gasteiger partial charge >= 0.3 is 0 Å². The first-order chi connectivity index (χ1) is 7.92. The number of rotatable bonds is 2. The normalized spacial score (nSPS) is 18.0. The summed E-state index contributed by atoms with van der Waals surface area (Å²) < 4.78 is 2.06. The lowest BCUT2D eigenvalue weighted by molar-refractivity contribution is 0.221. The van der Waals surface area contributed by atoms with E-state index in [2.05, 4.69) is 32.6 Å². The first-order valence-electron chi connectivity index (χ1n) is 6.06. The van der Waals surface area contributed by atoms with Crippen LogP contribution in [0, 0.1) is 0 Å². The molecule has 1 saturated heterocycles. The van der Waals surface area contributed by atoms with Crippen molar-refractivity contribution in [2.45, 2.75) is 25.8 Å². The summed E-state index contributed by atoms with van der Waals surface area (Å²) in [6.45, 7) is 3.57. The van der Waals surface area contributed by atoms with E-state index >= 15 is 0 Å². The fraction of sp³-hybridized carbons (Fsp3) is 0.462. The van der Waals surface area contributed by atoms with Crippen LogP contribution in [0.2, 0.25) is 0 Å². The zero-order chi connectivity index (χ0) is 10.8. The molecule has 84 valence electrons. The molecule has 0 unspecified atom stereocenters. The van der Waals surface area contributed by atoms with Crippen molar-refractivity contribution in [1.82, 2.24) is 14.3 Å². The average molecular weight is 215 g/mol. The molecular formula is C13H17N3. The van der Waals surface area contributed by atoms with Crippen LogP contribution in [0.5, 0.6) is 0 Å². The predicted molar refractivity (Wildman–Crippen MR) is 64.3 cm³/mol.